The number of carbonyl (C=O) groups is 2. The summed E-state index contributed by atoms with van der Waals surface area (Å²) < 4.78 is 0. The van der Waals surface area contributed by atoms with Gasteiger partial charge >= 0.3 is 0 Å². The van der Waals surface area contributed by atoms with Crippen molar-refractivity contribution >= 4 is 11.8 Å². The van der Waals surface area contributed by atoms with E-state index < -0.39 is 5.54 Å². The van der Waals surface area contributed by atoms with Gasteiger partial charge in [0.15, 0.2) is 0 Å². The molecular formula is C16H30N2O2. The number of nitrogens with zero attached hydrogens (tertiary/aromatic N) is 1. The van der Waals surface area contributed by atoms with Crippen molar-refractivity contribution in [2.75, 3.05) is 6.54 Å². The van der Waals surface area contributed by atoms with Gasteiger partial charge < -0.3 is 10.2 Å². The van der Waals surface area contributed by atoms with E-state index in [1.54, 1.807) is 0 Å². The monoisotopic (exact) mass is 282 g/mol. The summed E-state index contributed by atoms with van der Waals surface area (Å²) in [6, 6.07) is 0.208. The molecule has 0 aromatic rings. The highest BCUT2D eigenvalue weighted by molar-refractivity contribution is 5.93. The molecule has 1 N–H and O–H groups in total. The smallest absolute Gasteiger partial charge is 0.248 e. The van der Waals surface area contributed by atoms with Gasteiger partial charge in [-0.1, -0.05) is 33.6 Å². The molecule has 2 unspecified atom stereocenters. The van der Waals surface area contributed by atoms with Gasteiger partial charge in [0.1, 0.15) is 5.54 Å². The minimum Gasteiger partial charge on any atom is -0.342 e. The van der Waals surface area contributed by atoms with Gasteiger partial charge in [-0.15, -0.1) is 0 Å². The number of rotatable bonds is 6. The van der Waals surface area contributed by atoms with Crippen molar-refractivity contribution in [2.45, 2.75) is 78.3 Å². The highest BCUT2D eigenvalue weighted by atomic mass is 16.2. The van der Waals surface area contributed by atoms with Crippen molar-refractivity contribution in [2.24, 2.45) is 5.92 Å². The summed E-state index contributed by atoms with van der Waals surface area (Å²) in [5, 5.41) is 2.88. The fraction of sp³-hybridized carbons (Fsp3) is 0.875. The van der Waals surface area contributed by atoms with Gasteiger partial charge in [-0.2, -0.15) is 0 Å². The Hall–Kier alpha value is -1.06. The zero-order valence-electron chi connectivity index (χ0n) is 13.7. The zero-order chi connectivity index (χ0) is 15.3. The van der Waals surface area contributed by atoms with E-state index in [0.717, 1.165) is 12.8 Å². The van der Waals surface area contributed by atoms with Gasteiger partial charge in [-0.05, 0) is 32.6 Å². The second-order valence-corrected chi connectivity index (χ2v) is 6.66. The number of amides is 2. The second kappa shape index (κ2) is 7.09. The van der Waals surface area contributed by atoms with E-state index in [4.69, 9.17) is 0 Å². The Morgan fingerprint density at radius 3 is 2.45 bits per heavy atom. The summed E-state index contributed by atoms with van der Waals surface area (Å²) in [6.45, 7) is 10.9. The topological polar surface area (TPSA) is 49.4 Å². The van der Waals surface area contributed by atoms with E-state index in [9.17, 15) is 9.59 Å². The fourth-order valence-electron chi connectivity index (χ4n) is 2.70. The molecule has 1 rings (SSSR count). The van der Waals surface area contributed by atoms with Crippen molar-refractivity contribution in [3.05, 3.63) is 0 Å². The molecule has 0 spiro atoms. The van der Waals surface area contributed by atoms with Gasteiger partial charge in [0.25, 0.3) is 0 Å². The van der Waals surface area contributed by atoms with Crippen LogP contribution in [0.3, 0.4) is 0 Å². The van der Waals surface area contributed by atoms with Crippen LogP contribution in [0, 0.1) is 5.92 Å². The maximum Gasteiger partial charge on any atom is 0.248 e. The van der Waals surface area contributed by atoms with Crippen LogP contribution in [0.1, 0.15) is 66.7 Å². The van der Waals surface area contributed by atoms with Gasteiger partial charge in [0.2, 0.25) is 11.8 Å². The van der Waals surface area contributed by atoms with Crippen LogP contribution in [0.5, 0.6) is 0 Å². The second-order valence-electron chi connectivity index (χ2n) is 6.66. The molecule has 1 aliphatic rings. The molecule has 1 aliphatic heterocycles. The largest absolute Gasteiger partial charge is 0.342 e. The van der Waals surface area contributed by atoms with E-state index in [0.29, 0.717) is 25.3 Å². The lowest BCUT2D eigenvalue weighted by molar-refractivity contribution is -0.140. The molecule has 2 amide bonds. The van der Waals surface area contributed by atoms with E-state index in [-0.39, 0.29) is 17.9 Å². The third kappa shape index (κ3) is 4.22. The Labute approximate surface area is 123 Å². The van der Waals surface area contributed by atoms with Crippen LogP contribution in [0.15, 0.2) is 0 Å². The maximum absolute atomic E-state index is 12.7. The molecule has 4 nitrogen and oxygen atoms in total. The molecule has 0 aromatic heterocycles. The predicted molar refractivity (Wildman–Crippen MR) is 81.3 cm³/mol. The molecule has 0 aliphatic carbocycles. The van der Waals surface area contributed by atoms with Crippen LogP contribution in [0.2, 0.25) is 0 Å². The van der Waals surface area contributed by atoms with Crippen LogP contribution in [0.25, 0.3) is 0 Å². The van der Waals surface area contributed by atoms with E-state index >= 15 is 0 Å². The summed E-state index contributed by atoms with van der Waals surface area (Å²) in [4.78, 5) is 26.4. The molecule has 0 aromatic carbocycles. The van der Waals surface area contributed by atoms with Gasteiger partial charge in [-0.25, -0.2) is 0 Å². The van der Waals surface area contributed by atoms with Crippen LogP contribution in [-0.2, 0) is 9.59 Å². The van der Waals surface area contributed by atoms with Crippen molar-refractivity contribution < 1.29 is 9.59 Å². The first-order valence-corrected chi connectivity index (χ1v) is 7.92. The quantitative estimate of drug-likeness (QED) is 0.814. The third-order valence-corrected chi connectivity index (χ3v) is 4.37. The average Bonchev–Trinajstić information content (AvgIpc) is 2.48. The first kappa shape index (κ1) is 17.0. The average molecular weight is 282 g/mol. The molecule has 2 atom stereocenters. The molecule has 0 saturated carbocycles. The number of carbonyl (C=O) groups excluding carboxylic acids is 2. The molecule has 0 bridgehead atoms. The van der Waals surface area contributed by atoms with Crippen molar-refractivity contribution in [3.63, 3.8) is 0 Å². The molecule has 4 heteroatoms. The molecule has 1 saturated heterocycles. The first-order chi connectivity index (χ1) is 9.30. The minimum atomic E-state index is -0.736. The Morgan fingerprint density at radius 2 is 1.90 bits per heavy atom. The third-order valence-electron chi connectivity index (χ3n) is 4.37. The molecule has 20 heavy (non-hydrogen) atoms. The summed E-state index contributed by atoms with van der Waals surface area (Å²) >= 11 is 0. The van der Waals surface area contributed by atoms with E-state index in [1.807, 2.05) is 18.7 Å². The highest BCUT2D eigenvalue weighted by Gasteiger charge is 2.40. The van der Waals surface area contributed by atoms with Crippen LogP contribution < -0.4 is 5.32 Å². The number of nitrogens with one attached hydrogen (secondary N) is 1. The lowest BCUT2D eigenvalue weighted by atomic mass is 9.95. The van der Waals surface area contributed by atoms with E-state index in [1.165, 1.54) is 6.42 Å². The van der Waals surface area contributed by atoms with Crippen molar-refractivity contribution in [3.8, 4) is 0 Å². The lowest BCUT2D eigenvalue weighted by Crippen LogP contribution is -2.56. The van der Waals surface area contributed by atoms with Crippen molar-refractivity contribution in [1.29, 1.82) is 0 Å². The minimum absolute atomic E-state index is 0.0143. The predicted octanol–water partition coefficient (Wildman–Crippen LogP) is 2.72. The zero-order valence-corrected chi connectivity index (χ0v) is 13.7. The summed E-state index contributed by atoms with van der Waals surface area (Å²) in [5.41, 5.74) is -0.736. The van der Waals surface area contributed by atoms with E-state index in [2.05, 4.69) is 26.1 Å². The van der Waals surface area contributed by atoms with Gasteiger partial charge in [0.05, 0.1) is 0 Å². The normalized spacial score (nSPS) is 25.6. The molecule has 0 radical (unpaired) electrons. The highest BCUT2D eigenvalue weighted by Crippen LogP contribution is 2.22. The summed E-state index contributed by atoms with van der Waals surface area (Å²) in [7, 11) is 0. The molecular weight excluding hydrogens is 252 g/mol. The molecule has 116 valence electrons. The number of hydrogen-bond donors (Lipinski definition) is 1. The summed E-state index contributed by atoms with van der Waals surface area (Å²) in [6.07, 6.45) is 4.38. The molecule has 1 heterocycles. The maximum atomic E-state index is 12.7. The molecule has 1 fully saturated rings. The van der Waals surface area contributed by atoms with Gasteiger partial charge in [-0.3, -0.25) is 9.59 Å². The van der Waals surface area contributed by atoms with Crippen LogP contribution >= 0.6 is 0 Å². The van der Waals surface area contributed by atoms with Crippen LogP contribution in [-0.4, -0.2) is 34.8 Å². The first-order valence-electron chi connectivity index (χ1n) is 7.92. The number of hydrogen-bond acceptors (Lipinski definition) is 2. The standard InChI is InChI=1S/C16H30N2O2/c1-6-16(5)15(20)18(11-10-14(19)17-16)13(4)9-7-8-12(2)3/h12-13H,6-11H2,1-5H3,(H,17,19). The van der Waals surface area contributed by atoms with Crippen molar-refractivity contribution in [1.82, 2.24) is 10.2 Å². The van der Waals surface area contributed by atoms with Gasteiger partial charge in [0, 0.05) is 19.0 Å². The fourth-order valence-corrected chi connectivity index (χ4v) is 2.70. The Bertz CT molecular complexity index is 354. The lowest BCUT2D eigenvalue weighted by Gasteiger charge is -2.35. The Balaban J connectivity index is 2.71. The van der Waals surface area contributed by atoms with Crippen LogP contribution in [0.4, 0.5) is 0 Å². The summed E-state index contributed by atoms with van der Waals surface area (Å²) in [5.74, 6) is 0.758. The Morgan fingerprint density at radius 1 is 1.25 bits per heavy atom. The Kier molecular flexibility index (Phi) is 6.03. The SMILES string of the molecule is CCC1(C)NC(=O)CCN(C(C)CCCC(C)C)C1=O.